The maximum atomic E-state index is 12.2. The van der Waals surface area contributed by atoms with Crippen molar-refractivity contribution in [2.45, 2.75) is 24.5 Å². The molecule has 0 aliphatic carbocycles. The molecule has 7 heteroatoms. The molecule has 7 nitrogen and oxygen atoms in total. The molecular formula is C16H17N3O4. The zero-order valence-corrected chi connectivity index (χ0v) is 12.6. The van der Waals surface area contributed by atoms with Gasteiger partial charge in [-0.1, -0.05) is 0 Å². The fourth-order valence-corrected chi connectivity index (χ4v) is 3.19. The van der Waals surface area contributed by atoms with Gasteiger partial charge in [-0.3, -0.25) is 9.78 Å². The van der Waals surface area contributed by atoms with Crippen LogP contribution in [0.5, 0.6) is 5.75 Å². The Morgan fingerprint density at radius 1 is 1.43 bits per heavy atom. The molecule has 2 fully saturated rings. The van der Waals surface area contributed by atoms with Crippen molar-refractivity contribution in [1.29, 1.82) is 0 Å². The molecule has 0 bridgehead atoms. The second-order valence-corrected chi connectivity index (χ2v) is 5.99. The van der Waals surface area contributed by atoms with E-state index in [1.54, 1.807) is 17.3 Å². The summed E-state index contributed by atoms with van der Waals surface area (Å²) in [7, 11) is 0. The van der Waals surface area contributed by atoms with Crippen molar-refractivity contribution in [3.63, 3.8) is 0 Å². The summed E-state index contributed by atoms with van der Waals surface area (Å²) >= 11 is 0. The molecule has 2 saturated heterocycles. The van der Waals surface area contributed by atoms with E-state index in [9.17, 15) is 4.79 Å². The summed E-state index contributed by atoms with van der Waals surface area (Å²) in [6.07, 6.45) is 7.75. The summed E-state index contributed by atoms with van der Waals surface area (Å²) in [5.74, 6) is 0.646. The Morgan fingerprint density at radius 2 is 2.35 bits per heavy atom. The summed E-state index contributed by atoms with van der Waals surface area (Å²) in [5.41, 5.74) is 0.0312. The molecule has 2 aromatic heterocycles. The standard InChI is InChI=1S/C16H17N3O4/c20-15(14-8-21-11-18-14)19-9-16(10-19)6-12(3-5-22-16)23-13-2-1-4-17-7-13/h1-2,4,7-8,11-12H,3,5-6,9-10H2/t12-/m1/s1. The van der Waals surface area contributed by atoms with Crippen LogP contribution in [-0.2, 0) is 4.74 Å². The number of amides is 1. The van der Waals surface area contributed by atoms with Crippen molar-refractivity contribution in [2.75, 3.05) is 19.7 Å². The molecule has 1 atom stereocenters. The van der Waals surface area contributed by atoms with Crippen LogP contribution in [0.25, 0.3) is 0 Å². The number of ether oxygens (including phenoxy) is 2. The van der Waals surface area contributed by atoms with Crippen LogP contribution in [0, 0.1) is 0 Å². The van der Waals surface area contributed by atoms with Crippen molar-refractivity contribution >= 4 is 5.91 Å². The van der Waals surface area contributed by atoms with E-state index >= 15 is 0 Å². The van der Waals surface area contributed by atoms with Crippen LogP contribution in [-0.4, -0.2) is 52.2 Å². The number of pyridine rings is 1. The number of rotatable bonds is 3. The minimum atomic E-state index is -0.301. The molecular weight excluding hydrogens is 298 g/mol. The van der Waals surface area contributed by atoms with Gasteiger partial charge in [0.2, 0.25) is 0 Å². The van der Waals surface area contributed by atoms with Gasteiger partial charge in [-0.05, 0) is 12.1 Å². The second-order valence-electron chi connectivity index (χ2n) is 5.99. The lowest BCUT2D eigenvalue weighted by atomic mass is 9.84. The van der Waals surface area contributed by atoms with E-state index in [1.165, 1.54) is 12.7 Å². The van der Waals surface area contributed by atoms with Gasteiger partial charge in [-0.2, -0.15) is 0 Å². The maximum Gasteiger partial charge on any atom is 0.276 e. The highest BCUT2D eigenvalue weighted by Crippen LogP contribution is 2.36. The van der Waals surface area contributed by atoms with E-state index in [0.717, 1.165) is 18.6 Å². The summed E-state index contributed by atoms with van der Waals surface area (Å²) in [6, 6.07) is 3.75. The third kappa shape index (κ3) is 2.79. The van der Waals surface area contributed by atoms with Gasteiger partial charge in [-0.25, -0.2) is 4.98 Å². The van der Waals surface area contributed by atoms with Gasteiger partial charge in [0, 0.05) is 19.0 Å². The van der Waals surface area contributed by atoms with Crippen LogP contribution in [0.3, 0.4) is 0 Å². The molecule has 0 N–H and O–H groups in total. The van der Waals surface area contributed by atoms with Crippen molar-refractivity contribution in [1.82, 2.24) is 14.9 Å². The van der Waals surface area contributed by atoms with E-state index in [2.05, 4.69) is 9.97 Å². The first-order valence-corrected chi connectivity index (χ1v) is 7.62. The fourth-order valence-electron chi connectivity index (χ4n) is 3.19. The number of likely N-dealkylation sites (tertiary alicyclic amines) is 1. The SMILES string of the molecule is O=C(c1cocn1)N1CC2(C[C@H](Oc3cccnc3)CCO2)C1. The molecule has 0 radical (unpaired) electrons. The average Bonchev–Trinajstić information content (AvgIpc) is 3.07. The Balaban J connectivity index is 1.36. The Kier molecular flexibility index (Phi) is 3.49. The number of aromatic nitrogens is 2. The Morgan fingerprint density at radius 3 is 3.09 bits per heavy atom. The van der Waals surface area contributed by atoms with E-state index in [-0.39, 0.29) is 17.6 Å². The molecule has 2 aromatic rings. The van der Waals surface area contributed by atoms with Crippen molar-refractivity contribution in [2.24, 2.45) is 0 Å². The van der Waals surface area contributed by atoms with Crippen molar-refractivity contribution < 1.29 is 18.7 Å². The average molecular weight is 315 g/mol. The molecule has 0 aromatic carbocycles. The third-order valence-corrected chi connectivity index (χ3v) is 4.28. The van der Waals surface area contributed by atoms with Gasteiger partial charge in [0.05, 0.1) is 25.9 Å². The van der Waals surface area contributed by atoms with Crippen LogP contribution in [0.4, 0.5) is 0 Å². The minimum Gasteiger partial charge on any atom is -0.489 e. The van der Waals surface area contributed by atoms with Gasteiger partial charge in [0.1, 0.15) is 23.7 Å². The van der Waals surface area contributed by atoms with Gasteiger partial charge in [0.15, 0.2) is 12.1 Å². The first kappa shape index (κ1) is 14.2. The second kappa shape index (κ2) is 5.66. The minimum absolute atomic E-state index is 0.0808. The molecule has 120 valence electrons. The van der Waals surface area contributed by atoms with Crippen molar-refractivity contribution in [3.05, 3.63) is 42.9 Å². The summed E-state index contributed by atoms with van der Waals surface area (Å²) < 4.78 is 16.8. The van der Waals surface area contributed by atoms with E-state index in [0.29, 0.717) is 25.4 Å². The van der Waals surface area contributed by atoms with Crippen LogP contribution >= 0.6 is 0 Å². The van der Waals surface area contributed by atoms with Gasteiger partial charge in [-0.15, -0.1) is 0 Å². The monoisotopic (exact) mass is 315 g/mol. The normalized spacial score (nSPS) is 22.6. The predicted octanol–water partition coefficient (Wildman–Crippen LogP) is 1.52. The van der Waals surface area contributed by atoms with Gasteiger partial charge in [0.25, 0.3) is 5.91 Å². The molecule has 0 unspecified atom stereocenters. The number of oxazole rings is 1. The lowest BCUT2D eigenvalue weighted by molar-refractivity contribution is -0.173. The highest BCUT2D eigenvalue weighted by molar-refractivity contribution is 5.92. The highest BCUT2D eigenvalue weighted by Gasteiger charge is 2.50. The van der Waals surface area contributed by atoms with Crippen LogP contribution in [0.1, 0.15) is 23.3 Å². The lowest BCUT2D eigenvalue weighted by Gasteiger charge is -2.52. The molecule has 1 amide bonds. The molecule has 4 heterocycles. The van der Waals surface area contributed by atoms with Gasteiger partial charge < -0.3 is 18.8 Å². The van der Waals surface area contributed by atoms with E-state index in [1.807, 2.05) is 12.1 Å². The molecule has 1 spiro atoms. The number of carbonyl (C=O) groups is 1. The predicted molar refractivity (Wildman–Crippen MR) is 79.0 cm³/mol. The molecule has 0 saturated carbocycles. The van der Waals surface area contributed by atoms with E-state index < -0.39 is 0 Å². The van der Waals surface area contributed by atoms with Crippen molar-refractivity contribution in [3.8, 4) is 5.75 Å². The van der Waals surface area contributed by atoms with Gasteiger partial charge >= 0.3 is 0 Å². The van der Waals surface area contributed by atoms with Crippen LogP contribution in [0.15, 0.2) is 41.6 Å². The third-order valence-electron chi connectivity index (χ3n) is 4.28. The number of nitrogens with zero attached hydrogens (tertiary/aromatic N) is 3. The molecule has 4 rings (SSSR count). The maximum absolute atomic E-state index is 12.2. The van der Waals surface area contributed by atoms with E-state index in [4.69, 9.17) is 13.9 Å². The fraction of sp³-hybridized carbons (Fsp3) is 0.438. The Labute approximate surface area is 133 Å². The number of hydrogen-bond acceptors (Lipinski definition) is 6. The largest absolute Gasteiger partial charge is 0.489 e. The zero-order chi connectivity index (χ0) is 15.7. The van der Waals surface area contributed by atoms with Crippen LogP contribution < -0.4 is 4.74 Å². The summed E-state index contributed by atoms with van der Waals surface area (Å²) in [6.45, 7) is 1.76. The zero-order valence-electron chi connectivity index (χ0n) is 12.6. The highest BCUT2D eigenvalue weighted by atomic mass is 16.5. The molecule has 2 aliphatic rings. The summed E-state index contributed by atoms with van der Waals surface area (Å²) in [4.78, 5) is 21.9. The lowest BCUT2D eigenvalue weighted by Crippen LogP contribution is -2.67. The summed E-state index contributed by atoms with van der Waals surface area (Å²) in [5, 5.41) is 0. The number of carbonyl (C=O) groups excluding carboxylic acids is 1. The quantitative estimate of drug-likeness (QED) is 0.854. The van der Waals surface area contributed by atoms with Crippen LogP contribution in [0.2, 0.25) is 0 Å². The molecule has 2 aliphatic heterocycles. The first-order valence-electron chi connectivity index (χ1n) is 7.62. The number of hydrogen-bond donors (Lipinski definition) is 0. The first-order chi connectivity index (χ1) is 11.2. The Hall–Kier alpha value is -2.41. The topological polar surface area (TPSA) is 77.7 Å². The Bertz CT molecular complexity index is 668. The smallest absolute Gasteiger partial charge is 0.276 e. The molecule has 23 heavy (non-hydrogen) atoms.